The highest BCUT2D eigenvalue weighted by Gasteiger charge is 2.48. The van der Waals surface area contributed by atoms with Gasteiger partial charge in [0, 0.05) is 12.0 Å². The van der Waals surface area contributed by atoms with E-state index in [4.69, 9.17) is 19.2 Å². The Bertz CT molecular complexity index is 1970. The fraction of sp³-hybridized carbons (Fsp3) is 0.194. The molecule has 2 aliphatic rings. The predicted octanol–water partition coefficient (Wildman–Crippen LogP) is 7.22. The summed E-state index contributed by atoms with van der Waals surface area (Å²) in [6, 6.07) is 27.0. The summed E-state index contributed by atoms with van der Waals surface area (Å²) in [5, 5.41) is 12.1. The van der Waals surface area contributed by atoms with Crippen molar-refractivity contribution >= 4 is 44.1 Å². The highest BCUT2D eigenvalue weighted by molar-refractivity contribution is 7.22. The van der Waals surface area contributed by atoms with Crippen molar-refractivity contribution in [3.63, 3.8) is 0 Å². The van der Waals surface area contributed by atoms with Crippen molar-refractivity contribution in [2.45, 2.75) is 39.0 Å². The number of thiazole rings is 1. The van der Waals surface area contributed by atoms with Crippen LogP contribution in [0.25, 0.3) is 16.0 Å². The third-order valence-corrected chi connectivity index (χ3v) is 8.92. The quantitative estimate of drug-likeness (QED) is 0.111. The zero-order valence-corrected chi connectivity index (χ0v) is 25.5. The van der Waals surface area contributed by atoms with Crippen LogP contribution < -0.4 is 19.1 Å². The van der Waals surface area contributed by atoms with Crippen LogP contribution in [0.15, 0.2) is 96.6 Å². The number of ketones is 1. The van der Waals surface area contributed by atoms with Gasteiger partial charge in [0.15, 0.2) is 5.13 Å². The van der Waals surface area contributed by atoms with E-state index in [0.717, 1.165) is 21.6 Å². The second-order valence-corrected chi connectivity index (χ2v) is 12.0. The molecule has 1 N–H and O–H groups in total. The molecule has 0 radical (unpaired) electrons. The molecule has 1 saturated heterocycles. The largest absolute Gasteiger partial charge is 0.507 e. The average Bonchev–Trinajstić information content (AvgIpc) is 3.72. The van der Waals surface area contributed by atoms with E-state index in [0.29, 0.717) is 52.9 Å². The standard InChI is InChI=1S/C36H30N2O6S/c1-3-42-27-13-14-28-30(19-27)45-36(37-28)38-32(23-10-7-11-26(18-23)43-20-22-8-5-4-6-9-22)31(34(40)35(38)41)33(39)24-12-15-29-25(17-24)16-21(2)44-29/h4-15,17-19,21,32,39H,3,16,20H2,1-2H3. The summed E-state index contributed by atoms with van der Waals surface area (Å²) < 4.78 is 18.4. The topological polar surface area (TPSA) is 98.2 Å². The van der Waals surface area contributed by atoms with Crippen molar-refractivity contribution in [3.05, 3.63) is 119 Å². The molecule has 226 valence electrons. The summed E-state index contributed by atoms with van der Waals surface area (Å²) in [5.41, 5.74) is 3.65. The normalized spacial score (nSPS) is 18.7. The van der Waals surface area contributed by atoms with Gasteiger partial charge in [-0.3, -0.25) is 14.5 Å². The molecular formula is C36H30N2O6S. The Morgan fingerprint density at radius 2 is 1.80 bits per heavy atom. The first-order chi connectivity index (χ1) is 21.9. The third kappa shape index (κ3) is 5.40. The van der Waals surface area contributed by atoms with E-state index < -0.39 is 17.7 Å². The molecule has 45 heavy (non-hydrogen) atoms. The highest BCUT2D eigenvalue weighted by atomic mass is 32.1. The fourth-order valence-electron chi connectivity index (χ4n) is 5.84. The lowest BCUT2D eigenvalue weighted by atomic mass is 9.94. The molecule has 2 aliphatic heterocycles. The lowest BCUT2D eigenvalue weighted by Crippen LogP contribution is -2.29. The Balaban J connectivity index is 1.34. The maximum atomic E-state index is 13.8. The van der Waals surface area contributed by atoms with Gasteiger partial charge in [-0.05, 0) is 79.1 Å². The minimum atomic E-state index is -0.944. The number of carbonyl (C=O) groups excluding carboxylic acids is 2. The summed E-state index contributed by atoms with van der Waals surface area (Å²) in [7, 11) is 0. The predicted molar refractivity (Wildman–Crippen MR) is 173 cm³/mol. The molecule has 4 aromatic carbocycles. The van der Waals surface area contributed by atoms with Gasteiger partial charge in [-0.15, -0.1) is 0 Å². The number of ether oxygens (including phenoxy) is 3. The molecule has 1 aromatic heterocycles. The van der Waals surface area contributed by atoms with Gasteiger partial charge in [0.1, 0.15) is 35.7 Å². The highest BCUT2D eigenvalue weighted by Crippen LogP contribution is 2.45. The van der Waals surface area contributed by atoms with Gasteiger partial charge in [0.05, 0.1) is 28.4 Å². The number of aromatic nitrogens is 1. The van der Waals surface area contributed by atoms with E-state index in [1.54, 1.807) is 18.2 Å². The minimum absolute atomic E-state index is 0.0126. The Morgan fingerprint density at radius 1 is 0.978 bits per heavy atom. The van der Waals surface area contributed by atoms with Crippen LogP contribution in [0.1, 0.15) is 42.1 Å². The Morgan fingerprint density at radius 3 is 2.62 bits per heavy atom. The molecule has 3 heterocycles. The lowest BCUT2D eigenvalue weighted by Gasteiger charge is -2.23. The van der Waals surface area contributed by atoms with Crippen molar-refractivity contribution < 1.29 is 28.9 Å². The molecule has 7 rings (SSSR count). The van der Waals surface area contributed by atoms with Gasteiger partial charge in [0.25, 0.3) is 5.78 Å². The monoisotopic (exact) mass is 618 g/mol. The lowest BCUT2D eigenvalue weighted by molar-refractivity contribution is -0.132. The van der Waals surface area contributed by atoms with Gasteiger partial charge in [-0.1, -0.05) is 53.8 Å². The van der Waals surface area contributed by atoms with Crippen LogP contribution in [0.5, 0.6) is 17.2 Å². The first-order valence-electron chi connectivity index (χ1n) is 14.8. The number of carbonyl (C=O) groups is 2. The zero-order valence-electron chi connectivity index (χ0n) is 24.7. The van der Waals surface area contributed by atoms with E-state index >= 15 is 0 Å². The Labute approximate surface area is 264 Å². The molecule has 5 aromatic rings. The summed E-state index contributed by atoms with van der Waals surface area (Å²) in [6.07, 6.45) is 0.702. The third-order valence-electron chi connectivity index (χ3n) is 7.90. The number of hydrogen-bond acceptors (Lipinski definition) is 8. The molecule has 0 aliphatic carbocycles. The van der Waals surface area contributed by atoms with Crippen LogP contribution in [-0.2, 0) is 22.6 Å². The maximum Gasteiger partial charge on any atom is 0.301 e. The van der Waals surface area contributed by atoms with E-state index in [1.165, 1.54) is 16.2 Å². The van der Waals surface area contributed by atoms with Gasteiger partial charge < -0.3 is 19.3 Å². The van der Waals surface area contributed by atoms with Crippen molar-refractivity contribution in [2.24, 2.45) is 0 Å². The number of aliphatic hydroxyl groups is 1. The smallest absolute Gasteiger partial charge is 0.301 e. The molecule has 1 fully saturated rings. The van der Waals surface area contributed by atoms with Gasteiger partial charge >= 0.3 is 5.91 Å². The number of fused-ring (bicyclic) bond motifs is 2. The molecule has 2 unspecified atom stereocenters. The molecular weight excluding hydrogens is 588 g/mol. The number of nitrogens with zero attached hydrogens (tertiary/aromatic N) is 2. The Hall–Kier alpha value is -5.15. The minimum Gasteiger partial charge on any atom is -0.507 e. The fourth-order valence-corrected chi connectivity index (χ4v) is 6.86. The van der Waals surface area contributed by atoms with Crippen molar-refractivity contribution in [2.75, 3.05) is 11.5 Å². The van der Waals surface area contributed by atoms with Crippen LogP contribution in [0.2, 0.25) is 0 Å². The molecule has 2 atom stereocenters. The van der Waals surface area contributed by atoms with Gasteiger partial charge in [-0.25, -0.2) is 4.98 Å². The zero-order chi connectivity index (χ0) is 31.1. The SMILES string of the molecule is CCOc1ccc2nc(N3C(=O)C(=O)C(=C(O)c4ccc5c(c4)CC(C)O5)C3c3cccc(OCc4ccccc4)c3)sc2c1. The van der Waals surface area contributed by atoms with Crippen LogP contribution in [0.3, 0.4) is 0 Å². The number of anilines is 1. The number of Topliss-reactive ketones (excluding diaryl/α,β-unsaturated/α-hetero) is 1. The van der Waals surface area contributed by atoms with Crippen molar-refractivity contribution in [3.8, 4) is 17.2 Å². The van der Waals surface area contributed by atoms with E-state index in [9.17, 15) is 14.7 Å². The van der Waals surface area contributed by atoms with Crippen LogP contribution in [0, 0.1) is 0 Å². The van der Waals surface area contributed by atoms with Crippen LogP contribution in [0.4, 0.5) is 5.13 Å². The van der Waals surface area contributed by atoms with E-state index in [1.807, 2.05) is 86.6 Å². The molecule has 0 spiro atoms. The van der Waals surface area contributed by atoms with Crippen molar-refractivity contribution in [1.29, 1.82) is 0 Å². The van der Waals surface area contributed by atoms with E-state index in [-0.39, 0.29) is 17.4 Å². The summed E-state index contributed by atoms with van der Waals surface area (Å²) >= 11 is 1.29. The number of hydrogen-bond donors (Lipinski definition) is 1. The average molecular weight is 619 g/mol. The first kappa shape index (κ1) is 28.6. The van der Waals surface area contributed by atoms with Gasteiger partial charge in [-0.2, -0.15) is 0 Å². The number of rotatable bonds is 8. The van der Waals surface area contributed by atoms with Crippen LogP contribution >= 0.6 is 11.3 Å². The van der Waals surface area contributed by atoms with E-state index in [2.05, 4.69) is 0 Å². The Kier molecular flexibility index (Phi) is 7.47. The summed E-state index contributed by atoms with van der Waals surface area (Å²) in [5.74, 6) is 0.207. The van der Waals surface area contributed by atoms with Gasteiger partial charge in [0.2, 0.25) is 0 Å². The molecule has 9 heteroatoms. The number of amides is 1. The second-order valence-electron chi connectivity index (χ2n) is 11.0. The molecule has 1 amide bonds. The molecule has 0 saturated carbocycles. The van der Waals surface area contributed by atoms with Crippen LogP contribution in [-0.4, -0.2) is 34.5 Å². The molecule has 8 nitrogen and oxygen atoms in total. The number of aliphatic hydroxyl groups excluding tert-OH is 1. The summed E-state index contributed by atoms with van der Waals surface area (Å²) in [4.78, 5) is 33.8. The first-order valence-corrected chi connectivity index (χ1v) is 15.6. The molecule has 0 bridgehead atoms. The second kappa shape index (κ2) is 11.7. The van der Waals surface area contributed by atoms with Crippen molar-refractivity contribution in [1.82, 2.24) is 4.98 Å². The maximum absolute atomic E-state index is 13.8. The number of benzene rings is 4. The summed E-state index contributed by atoms with van der Waals surface area (Å²) in [6.45, 7) is 4.75.